The molecule has 0 unspecified atom stereocenters. The molecule has 1 fully saturated rings. The zero-order valence-electron chi connectivity index (χ0n) is 18.0. The second kappa shape index (κ2) is 9.55. The van der Waals surface area contributed by atoms with Crippen LogP contribution in [0.2, 0.25) is 0 Å². The molecule has 3 aromatic rings. The smallest absolute Gasteiger partial charge is 0.273 e. The summed E-state index contributed by atoms with van der Waals surface area (Å²) in [5, 5.41) is 22.8. The summed E-state index contributed by atoms with van der Waals surface area (Å²) in [4.78, 5) is 25.7. The van der Waals surface area contributed by atoms with Gasteiger partial charge in [-0.2, -0.15) is 0 Å². The Kier molecular flexibility index (Phi) is 6.39. The largest absolute Gasteiger partial charge is 0.355 e. The molecule has 0 bridgehead atoms. The van der Waals surface area contributed by atoms with Crippen molar-refractivity contribution in [2.24, 2.45) is 0 Å². The van der Waals surface area contributed by atoms with Gasteiger partial charge < -0.3 is 10.2 Å². The zero-order chi connectivity index (χ0) is 22.5. The number of nitrogens with one attached hydrogen (secondary N) is 1. The van der Waals surface area contributed by atoms with Crippen molar-refractivity contribution >= 4 is 23.1 Å². The van der Waals surface area contributed by atoms with Crippen molar-refractivity contribution < 1.29 is 9.72 Å². The molecule has 1 aliphatic rings. The number of nitrogens with zero attached hydrogens (tertiary/aromatic N) is 4. The van der Waals surface area contributed by atoms with E-state index in [1.54, 1.807) is 19.1 Å². The number of hydrogen-bond donors (Lipinski definition) is 1. The number of anilines is 2. The third-order valence-electron chi connectivity index (χ3n) is 5.74. The molecule has 1 N–H and O–H groups in total. The van der Waals surface area contributed by atoms with Crippen molar-refractivity contribution in [2.75, 3.05) is 23.3 Å². The van der Waals surface area contributed by atoms with Gasteiger partial charge in [0.1, 0.15) is 0 Å². The number of hydrogen-bond acceptors (Lipinski definition) is 6. The minimum atomic E-state index is -0.485. The standard InChI is InChI=1S/C24H25N5O3/c1-17-20(10-7-11-22(17)29(31)32)24(30)25-19-9-6-8-18(16-19)21-12-13-23(27-26-21)28-14-4-2-3-5-15-28/h6-13,16H,2-5,14-15H2,1H3,(H,25,30). The van der Waals surface area contributed by atoms with Gasteiger partial charge in [0, 0.05) is 41.5 Å². The van der Waals surface area contributed by atoms with Crippen LogP contribution < -0.4 is 10.2 Å². The fourth-order valence-electron chi connectivity index (χ4n) is 3.97. The van der Waals surface area contributed by atoms with Gasteiger partial charge in [-0.3, -0.25) is 14.9 Å². The Balaban J connectivity index is 1.51. The number of nitro benzene ring substituents is 1. The molecule has 8 nitrogen and oxygen atoms in total. The predicted molar refractivity (Wildman–Crippen MR) is 124 cm³/mol. The molecule has 2 heterocycles. The van der Waals surface area contributed by atoms with Gasteiger partial charge >= 0.3 is 0 Å². The van der Waals surface area contributed by atoms with Crippen LogP contribution in [0.3, 0.4) is 0 Å². The molecule has 1 aromatic heterocycles. The maximum atomic E-state index is 12.7. The Bertz CT molecular complexity index is 1120. The number of nitro groups is 1. The summed E-state index contributed by atoms with van der Waals surface area (Å²) in [5.41, 5.74) is 2.65. The van der Waals surface area contributed by atoms with E-state index in [2.05, 4.69) is 20.4 Å². The summed E-state index contributed by atoms with van der Waals surface area (Å²) in [6.07, 6.45) is 4.87. The van der Waals surface area contributed by atoms with E-state index < -0.39 is 10.8 Å². The highest BCUT2D eigenvalue weighted by molar-refractivity contribution is 6.06. The van der Waals surface area contributed by atoms with Crippen molar-refractivity contribution in [3.8, 4) is 11.3 Å². The Hall–Kier alpha value is -3.81. The summed E-state index contributed by atoms with van der Waals surface area (Å²) in [6.45, 7) is 3.59. The van der Waals surface area contributed by atoms with Crippen LogP contribution in [0.1, 0.15) is 41.6 Å². The average molecular weight is 431 g/mol. The van der Waals surface area contributed by atoms with E-state index in [1.807, 2.05) is 30.3 Å². The van der Waals surface area contributed by atoms with Crippen molar-refractivity contribution in [1.82, 2.24) is 10.2 Å². The fraction of sp³-hybridized carbons (Fsp3) is 0.292. The van der Waals surface area contributed by atoms with Crippen LogP contribution in [-0.4, -0.2) is 34.1 Å². The fourth-order valence-corrected chi connectivity index (χ4v) is 3.97. The maximum Gasteiger partial charge on any atom is 0.273 e. The van der Waals surface area contributed by atoms with E-state index in [4.69, 9.17) is 0 Å². The molecule has 4 rings (SSSR count). The van der Waals surface area contributed by atoms with Crippen LogP contribution in [0.25, 0.3) is 11.3 Å². The van der Waals surface area contributed by atoms with Gasteiger partial charge in [0.05, 0.1) is 10.6 Å². The first-order valence-corrected chi connectivity index (χ1v) is 10.8. The van der Waals surface area contributed by atoms with Crippen LogP contribution >= 0.6 is 0 Å². The summed E-state index contributed by atoms with van der Waals surface area (Å²) in [7, 11) is 0. The quantitative estimate of drug-likeness (QED) is 0.451. The normalized spacial score (nSPS) is 14.0. The van der Waals surface area contributed by atoms with Gasteiger partial charge in [0.15, 0.2) is 5.82 Å². The van der Waals surface area contributed by atoms with Crippen LogP contribution in [0.4, 0.5) is 17.2 Å². The lowest BCUT2D eigenvalue weighted by Crippen LogP contribution is -2.25. The molecule has 1 aliphatic heterocycles. The van der Waals surface area contributed by atoms with Crippen LogP contribution in [0.15, 0.2) is 54.6 Å². The van der Waals surface area contributed by atoms with Crippen molar-refractivity contribution in [1.29, 1.82) is 0 Å². The lowest BCUT2D eigenvalue weighted by Gasteiger charge is -2.20. The molecule has 32 heavy (non-hydrogen) atoms. The highest BCUT2D eigenvalue weighted by Crippen LogP contribution is 2.25. The Morgan fingerprint density at radius 1 is 1.00 bits per heavy atom. The third-order valence-corrected chi connectivity index (χ3v) is 5.74. The molecule has 0 aliphatic carbocycles. The zero-order valence-corrected chi connectivity index (χ0v) is 18.0. The first-order valence-electron chi connectivity index (χ1n) is 10.8. The molecule has 0 atom stereocenters. The van der Waals surface area contributed by atoms with Gasteiger partial charge in [-0.05, 0) is 50.1 Å². The average Bonchev–Trinajstić information content (AvgIpc) is 3.09. The lowest BCUT2D eigenvalue weighted by atomic mass is 10.1. The number of benzene rings is 2. The van der Waals surface area contributed by atoms with Crippen molar-refractivity contribution in [3.63, 3.8) is 0 Å². The Labute approximate surface area is 186 Å². The van der Waals surface area contributed by atoms with Gasteiger partial charge in [-0.25, -0.2) is 0 Å². The highest BCUT2D eigenvalue weighted by Gasteiger charge is 2.18. The van der Waals surface area contributed by atoms with Gasteiger partial charge in [0.2, 0.25) is 0 Å². The number of amides is 1. The summed E-state index contributed by atoms with van der Waals surface area (Å²) in [5.74, 6) is 0.493. The molecular formula is C24H25N5O3. The lowest BCUT2D eigenvalue weighted by molar-refractivity contribution is -0.385. The molecule has 8 heteroatoms. The molecule has 0 radical (unpaired) electrons. The summed E-state index contributed by atoms with van der Waals surface area (Å²) < 4.78 is 0. The van der Waals surface area contributed by atoms with Crippen molar-refractivity contribution in [3.05, 3.63) is 75.8 Å². The van der Waals surface area contributed by atoms with E-state index in [0.717, 1.165) is 24.5 Å². The number of carbonyl (C=O) groups excluding carboxylic acids is 1. The van der Waals surface area contributed by atoms with Gasteiger partial charge in [0.25, 0.3) is 11.6 Å². The molecule has 1 saturated heterocycles. The maximum absolute atomic E-state index is 12.7. The monoisotopic (exact) mass is 431 g/mol. The first-order chi connectivity index (χ1) is 15.5. The van der Waals surface area contributed by atoms with Crippen LogP contribution in [-0.2, 0) is 0 Å². The molecular weight excluding hydrogens is 406 g/mol. The second-order valence-electron chi connectivity index (χ2n) is 7.92. The van der Waals surface area contributed by atoms with E-state index in [9.17, 15) is 14.9 Å². The molecule has 0 saturated carbocycles. The van der Waals surface area contributed by atoms with E-state index in [1.165, 1.54) is 37.8 Å². The van der Waals surface area contributed by atoms with E-state index >= 15 is 0 Å². The molecule has 164 valence electrons. The molecule has 0 spiro atoms. The summed E-state index contributed by atoms with van der Waals surface area (Å²) in [6, 6.07) is 15.7. The van der Waals surface area contributed by atoms with Crippen molar-refractivity contribution in [2.45, 2.75) is 32.6 Å². The number of rotatable bonds is 5. The second-order valence-corrected chi connectivity index (χ2v) is 7.92. The minimum Gasteiger partial charge on any atom is -0.355 e. The number of carbonyl (C=O) groups is 1. The number of aromatic nitrogens is 2. The first kappa shape index (κ1) is 21.4. The minimum absolute atomic E-state index is 0.0776. The third kappa shape index (κ3) is 4.74. The predicted octanol–water partition coefficient (Wildman–Crippen LogP) is 4.99. The van der Waals surface area contributed by atoms with Gasteiger partial charge in [-0.1, -0.05) is 31.0 Å². The topological polar surface area (TPSA) is 101 Å². The van der Waals surface area contributed by atoms with Crippen LogP contribution in [0, 0.1) is 17.0 Å². The molecule has 2 aromatic carbocycles. The van der Waals surface area contributed by atoms with E-state index in [-0.39, 0.29) is 11.3 Å². The van der Waals surface area contributed by atoms with Crippen LogP contribution in [0.5, 0.6) is 0 Å². The highest BCUT2D eigenvalue weighted by atomic mass is 16.6. The Morgan fingerprint density at radius 3 is 2.44 bits per heavy atom. The SMILES string of the molecule is Cc1c(C(=O)Nc2cccc(-c3ccc(N4CCCCCC4)nn3)c2)cccc1[N+](=O)[O-]. The summed E-state index contributed by atoms with van der Waals surface area (Å²) >= 11 is 0. The molecule has 1 amide bonds. The van der Waals surface area contributed by atoms with Gasteiger partial charge in [-0.15, -0.1) is 10.2 Å². The van der Waals surface area contributed by atoms with E-state index in [0.29, 0.717) is 16.9 Å². The Morgan fingerprint density at radius 2 is 1.75 bits per heavy atom.